The van der Waals surface area contributed by atoms with Crippen LogP contribution in [0.1, 0.15) is 21.5 Å². The molecule has 0 spiro atoms. The Morgan fingerprint density at radius 3 is 2.70 bits per heavy atom. The third-order valence-electron chi connectivity index (χ3n) is 3.59. The monoisotopic (exact) mass is 331 g/mol. The van der Waals surface area contributed by atoms with Gasteiger partial charge in [-0.1, -0.05) is 12.1 Å². The smallest absolute Gasteiger partial charge is 0.335 e. The molecular weight excluding hydrogens is 318 g/mol. The zero-order valence-corrected chi connectivity index (χ0v) is 12.8. The third-order valence-corrected chi connectivity index (χ3v) is 5.28. The molecule has 6 nitrogen and oxygen atoms in total. The van der Waals surface area contributed by atoms with E-state index in [-0.39, 0.29) is 28.5 Å². The summed E-state index contributed by atoms with van der Waals surface area (Å²) >= 11 is 0. The summed E-state index contributed by atoms with van der Waals surface area (Å²) in [6, 6.07) is 10.3. The van der Waals surface area contributed by atoms with Gasteiger partial charge in [-0.3, -0.25) is 4.79 Å². The highest BCUT2D eigenvalue weighted by Gasteiger charge is 2.22. The maximum atomic E-state index is 12.5. The summed E-state index contributed by atoms with van der Waals surface area (Å²) in [6.07, 6.45) is 0.160. The van der Waals surface area contributed by atoms with Crippen molar-refractivity contribution in [1.82, 2.24) is 0 Å². The molecule has 118 valence electrons. The molecular formula is C16H13NO5S. The van der Waals surface area contributed by atoms with E-state index < -0.39 is 15.8 Å². The summed E-state index contributed by atoms with van der Waals surface area (Å²) in [7, 11) is -3.63. The van der Waals surface area contributed by atoms with E-state index in [0.717, 1.165) is 0 Å². The topological polar surface area (TPSA) is 101 Å². The van der Waals surface area contributed by atoms with Gasteiger partial charge in [0.15, 0.2) is 9.84 Å². The zero-order valence-electron chi connectivity index (χ0n) is 11.9. The lowest BCUT2D eigenvalue weighted by Gasteiger charge is -2.07. The van der Waals surface area contributed by atoms with Gasteiger partial charge in [0.2, 0.25) is 5.91 Å². The maximum Gasteiger partial charge on any atom is 0.335 e. The van der Waals surface area contributed by atoms with Crippen LogP contribution in [0.4, 0.5) is 5.69 Å². The highest BCUT2D eigenvalue weighted by molar-refractivity contribution is 7.90. The van der Waals surface area contributed by atoms with Crippen LogP contribution in [0.2, 0.25) is 0 Å². The summed E-state index contributed by atoms with van der Waals surface area (Å²) in [6.45, 7) is 0. The van der Waals surface area contributed by atoms with Crippen LogP contribution >= 0.6 is 0 Å². The Bertz CT molecular complexity index is 918. The molecule has 1 aliphatic rings. The first-order valence-electron chi connectivity index (χ1n) is 6.83. The minimum Gasteiger partial charge on any atom is -0.478 e. The number of nitrogens with one attached hydrogen (secondary N) is 1. The van der Waals surface area contributed by atoms with E-state index in [4.69, 9.17) is 5.11 Å². The van der Waals surface area contributed by atoms with E-state index in [9.17, 15) is 18.0 Å². The molecule has 3 rings (SSSR count). The normalized spacial score (nSPS) is 13.5. The van der Waals surface area contributed by atoms with Gasteiger partial charge in [-0.2, -0.15) is 0 Å². The Kier molecular flexibility index (Phi) is 3.65. The van der Waals surface area contributed by atoms with E-state index in [1.165, 1.54) is 30.3 Å². The van der Waals surface area contributed by atoms with E-state index in [2.05, 4.69) is 5.32 Å². The van der Waals surface area contributed by atoms with Gasteiger partial charge in [0.1, 0.15) is 0 Å². The first-order chi connectivity index (χ1) is 10.8. The highest BCUT2D eigenvalue weighted by Crippen LogP contribution is 2.27. The number of sulfone groups is 1. The van der Waals surface area contributed by atoms with E-state index in [1.54, 1.807) is 12.1 Å². The van der Waals surface area contributed by atoms with Gasteiger partial charge in [-0.05, 0) is 41.5 Å². The lowest BCUT2D eigenvalue weighted by Crippen LogP contribution is -2.06. The van der Waals surface area contributed by atoms with Crippen molar-refractivity contribution in [3.8, 4) is 0 Å². The molecule has 0 aliphatic carbocycles. The lowest BCUT2D eigenvalue weighted by molar-refractivity contribution is -0.115. The summed E-state index contributed by atoms with van der Waals surface area (Å²) in [4.78, 5) is 22.4. The molecule has 0 saturated carbocycles. The van der Waals surface area contributed by atoms with Crippen molar-refractivity contribution >= 4 is 27.4 Å². The first-order valence-corrected chi connectivity index (χ1v) is 8.48. The number of aromatic carboxylic acids is 1. The molecule has 2 N–H and O–H groups in total. The number of rotatable bonds is 4. The van der Waals surface area contributed by atoms with Crippen LogP contribution in [0.15, 0.2) is 47.4 Å². The van der Waals surface area contributed by atoms with Crippen molar-refractivity contribution < 1.29 is 23.1 Å². The molecule has 0 saturated heterocycles. The number of amides is 1. The van der Waals surface area contributed by atoms with Gasteiger partial charge in [0.25, 0.3) is 0 Å². The molecule has 1 heterocycles. The number of benzene rings is 2. The Hall–Kier alpha value is -2.67. The summed E-state index contributed by atoms with van der Waals surface area (Å²) in [5.74, 6) is -1.57. The average Bonchev–Trinajstić information content (AvgIpc) is 2.86. The predicted octanol–water partition coefficient (Wildman–Crippen LogP) is 1.85. The fourth-order valence-corrected chi connectivity index (χ4v) is 3.88. The fraction of sp³-hybridized carbons (Fsp3) is 0.125. The van der Waals surface area contributed by atoms with Gasteiger partial charge in [-0.15, -0.1) is 0 Å². The van der Waals surface area contributed by atoms with Crippen molar-refractivity contribution in [1.29, 1.82) is 0 Å². The molecule has 0 aromatic heterocycles. The standard InChI is InChI=1S/C16H13NO5S/c18-15-8-12-7-13(4-5-14(12)17-15)23(21,22)9-10-2-1-3-11(6-10)16(19)20/h1-7H,8-9H2,(H,17,18)(H,19,20). The van der Waals surface area contributed by atoms with Crippen LogP contribution in [-0.2, 0) is 26.8 Å². The molecule has 2 aromatic rings. The number of carboxylic acid groups (broad SMARTS) is 1. The average molecular weight is 331 g/mol. The number of hydrogen-bond acceptors (Lipinski definition) is 4. The van der Waals surface area contributed by atoms with Crippen LogP contribution in [0.25, 0.3) is 0 Å². The minimum atomic E-state index is -3.63. The van der Waals surface area contributed by atoms with Gasteiger partial charge < -0.3 is 10.4 Å². The van der Waals surface area contributed by atoms with E-state index >= 15 is 0 Å². The second-order valence-corrected chi connectivity index (χ2v) is 7.30. The van der Waals surface area contributed by atoms with Crippen molar-refractivity contribution in [2.24, 2.45) is 0 Å². The van der Waals surface area contributed by atoms with Gasteiger partial charge in [-0.25, -0.2) is 13.2 Å². The van der Waals surface area contributed by atoms with E-state index in [0.29, 0.717) is 16.8 Å². The number of carbonyl (C=O) groups is 2. The third kappa shape index (κ3) is 3.09. The quantitative estimate of drug-likeness (QED) is 0.890. The van der Waals surface area contributed by atoms with Gasteiger partial charge in [0, 0.05) is 5.69 Å². The van der Waals surface area contributed by atoms with Crippen molar-refractivity contribution in [2.75, 3.05) is 5.32 Å². The molecule has 0 atom stereocenters. The lowest BCUT2D eigenvalue weighted by atomic mass is 10.1. The van der Waals surface area contributed by atoms with Crippen molar-refractivity contribution in [3.63, 3.8) is 0 Å². The van der Waals surface area contributed by atoms with Crippen LogP contribution in [0.5, 0.6) is 0 Å². The number of carboxylic acids is 1. The molecule has 0 unspecified atom stereocenters. The second-order valence-electron chi connectivity index (χ2n) is 5.31. The number of hydrogen-bond donors (Lipinski definition) is 2. The Morgan fingerprint density at radius 1 is 1.17 bits per heavy atom. The van der Waals surface area contributed by atoms with Crippen LogP contribution in [-0.4, -0.2) is 25.4 Å². The SMILES string of the molecule is O=C1Cc2cc(S(=O)(=O)Cc3cccc(C(=O)O)c3)ccc2N1. The summed E-state index contributed by atoms with van der Waals surface area (Å²) in [5.41, 5.74) is 1.72. The van der Waals surface area contributed by atoms with Crippen molar-refractivity contribution in [3.05, 3.63) is 59.2 Å². The summed E-state index contributed by atoms with van der Waals surface area (Å²) < 4.78 is 25.0. The van der Waals surface area contributed by atoms with E-state index in [1.807, 2.05) is 0 Å². The largest absolute Gasteiger partial charge is 0.478 e. The molecule has 0 fully saturated rings. The van der Waals surface area contributed by atoms with Crippen molar-refractivity contribution in [2.45, 2.75) is 17.1 Å². The predicted molar refractivity (Wildman–Crippen MR) is 83.1 cm³/mol. The van der Waals surface area contributed by atoms with Crippen LogP contribution < -0.4 is 5.32 Å². The second kappa shape index (κ2) is 5.51. The number of fused-ring (bicyclic) bond motifs is 1. The Morgan fingerprint density at radius 2 is 1.96 bits per heavy atom. The highest BCUT2D eigenvalue weighted by atomic mass is 32.2. The minimum absolute atomic E-state index is 0.0430. The Balaban J connectivity index is 1.91. The fourth-order valence-electron chi connectivity index (χ4n) is 2.50. The van der Waals surface area contributed by atoms with Gasteiger partial charge in [0.05, 0.1) is 22.6 Å². The number of carbonyl (C=O) groups excluding carboxylic acids is 1. The summed E-state index contributed by atoms with van der Waals surface area (Å²) in [5, 5.41) is 11.6. The molecule has 0 radical (unpaired) electrons. The molecule has 1 aliphatic heterocycles. The van der Waals surface area contributed by atoms with Gasteiger partial charge >= 0.3 is 5.97 Å². The molecule has 7 heteroatoms. The maximum absolute atomic E-state index is 12.5. The first kappa shape index (κ1) is 15.2. The number of anilines is 1. The van der Waals surface area contributed by atoms with Crippen LogP contribution in [0.3, 0.4) is 0 Å². The Labute approximate surface area is 132 Å². The molecule has 0 bridgehead atoms. The molecule has 2 aromatic carbocycles. The molecule has 1 amide bonds. The molecule has 23 heavy (non-hydrogen) atoms. The zero-order chi connectivity index (χ0) is 16.6. The van der Waals surface area contributed by atoms with Crippen LogP contribution in [0, 0.1) is 0 Å².